The van der Waals surface area contributed by atoms with Crippen molar-refractivity contribution in [1.29, 1.82) is 0 Å². The van der Waals surface area contributed by atoms with Gasteiger partial charge in [-0.05, 0) is 37.2 Å². The van der Waals surface area contributed by atoms with E-state index in [-0.39, 0.29) is 0 Å². The summed E-state index contributed by atoms with van der Waals surface area (Å²) in [5, 5.41) is 9.85. The third kappa shape index (κ3) is 3.27. The number of rotatable bonds is 2. The monoisotopic (exact) mass is 262 g/mol. The summed E-state index contributed by atoms with van der Waals surface area (Å²) in [6, 6.07) is 3.87. The predicted molar refractivity (Wildman–Crippen MR) is 79.3 cm³/mol. The number of piperidine rings is 1. The lowest BCUT2D eigenvalue weighted by Crippen LogP contribution is -2.39. The highest BCUT2D eigenvalue weighted by Gasteiger charge is 2.29. The van der Waals surface area contributed by atoms with Crippen LogP contribution in [0.5, 0.6) is 0 Å². The third-order valence-corrected chi connectivity index (χ3v) is 4.29. The molecule has 0 aliphatic carbocycles. The summed E-state index contributed by atoms with van der Waals surface area (Å²) in [4.78, 5) is 6.80. The Kier molecular flexibility index (Phi) is 4.14. The Morgan fingerprint density at radius 1 is 1.32 bits per heavy atom. The largest absolute Gasteiger partial charge is 0.389 e. The molecule has 0 saturated carbocycles. The minimum atomic E-state index is -0.455. The van der Waals surface area contributed by atoms with Gasteiger partial charge in [-0.2, -0.15) is 0 Å². The summed E-state index contributed by atoms with van der Waals surface area (Å²) in [6.45, 7) is 10.9. The molecule has 1 fully saturated rings. The maximum absolute atomic E-state index is 9.85. The van der Waals surface area contributed by atoms with E-state index in [1.54, 1.807) is 0 Å². The standard InChI is InChI=1S/C16H26N2O/c1-12(19)14-6-5-9-17-15(14)18-10-7-13(8-11-18)16(2,3)4/h5-6,9,12-13,19H,7-8,10-11H2,1-4H3. The molecule has 0 bridgehead atoms. The van der Waals surface area contributed by atoms with Crippen molar-refractivity contribution in [3.8, 4) is 0 Å². The molecule has 1 atom stereocenters. The summed E-state index contributed by atoms with van der Waals surface area (Å²) in [5.74, 6) is 1.74. The van der Waals surface area contributed by atoms with Crippen molar-refractivity contribution in [2.45, 2.75) is 46.6 Å². The van der Waals surface area contributed by atoms with E-state index in [9.17, 15) is 5.11 Å². The second-order valence-corrected chi connectivity index (χ2v) is 6.72. The molecule has 1 aliphatic heterocycles. The zero-order valence-electron chi connectivity index (χ0n) is 12.6. The Hall–Kier alpha value is -1.09. The van der Waals surface area contributed by atoms with Gasteiger partial charge in [-0.3, -0.25) is 0 Å². The van der Waals surface area contributed by atoms with Gasteiger partial charge in [0.2, 0.25) is 0 Å². The number of aliphatic hydroxyl groups excluding tert-OH is 1. The molecule has 19 heavy (non-hydrogen) atoms. The van der Waals surface area contributed by atoms with Crippen LogP contribution in [0.1, 0.15) is 52.2 Å². The fourth-order valence-electron chi connectivity index (χ4n) is 2.96. The van der Waals surface area contributed by atoms with Crippen molar-refractivity contribution in [3.63, 3.8) is 0 Å². The third-order valence-electron chi connectivity index (χ3n) is 4.29. The molecule has 1 N–H and O–H groups in total. The minimum absolute atomic E-state index is 0.392. The van der Waals surface area contributed by atoms with Crippen LogP contribution in [-0.2, 0) is 0 Å². The number of hydrogen-bond donors (Lipinski definition) is 1. The van der Waals surface area contributed by atoms with E-state index < -0.39 is 6.10 Å². The molecular weight excluding hydrogens is 236 g/mol. The van der Waals surface area contributed by atoms with Crippen molar-refractivity contribution in [1.82, 2.24) is 4.98 Å². The Bertz CT molecular complexity index is 415. The number of aliphatic hydroxyl groups is 1. The van der Waals surface area contributed by atoms with Gasteiger partial charge < -0.3 is 10.0 Å². The smallest absolute Gasteiger partial charge is 0.134 e. The summed E-state index contributed by atoms with van der Waals surface area (Å²) < 4.78 is 0. The Balaban J connectivity index is 2.10. The van der Waals surface area contributed by atoms with E-state index in [1.165, 1.54) is 12.8 Å². The fraction of sp³-hybridized carbons (Fsp3) is 0.688. The first kappa shape index (κ1) is 14.3. The van der Waals surface area contributed by atoms with E-state index in [1.807, 2.05) is 25.3 Å². The summed E-state index contributed by atoms with van der Waals surface area (Å²) in [7, 11) is 0. The Labute approximate surface area is 116 Å². The average Bonchev–Trinajstić information content (AvgIpc) is 2.38. The van der Waals surface area contributed by atoms with E-state index in [0.717, 1.165) is 30.4 Å². The normalized spacial score (nSPS) is 19.5. The van der Waals surface area contributed by atoms with Crippen molar-refractivity contribution < 1.29 is 5.11 Å². The first-order chi connectivity index (χ1) is 8.89. The van der Waals surface area contributed by atoms with Crippen LogP contribution in [0.4, 0.5) is 5.82 Å². The van der Waals surface area contributed by atoms with E-state index >= 15 is 0 Å². The molecule has 0 spiro atoms. The molecule has 1 aliphatic rings. The lowest BCUT2D eigenvalue weighted by atomic mass is 9.75. The van der Waals surface area contributed by atoms with Gasteiger partial charge in [0, 0.05) is 24.8 Å². The molecule has 1 unspecified atom stereocenters. The lowest BCUT2D eigenvalue weighted by Gasteiger charge is -2.39. The van der Waals surface area contributed by atoms with Gasteiger partial charge in [0.15, 0.2) is 0 Å². The fourth-order valence-corrected chi connectivity index (χ4v) is 2.96. The first-order valence-corrected chi connectivity index (χ1v) is 7.27. The molecular formula is C16H26N2O. The number of anilines is 1. The second kappa shape index (κ2) is 5.49. The molecule has 2 rings (SSSR count). The van der Waals surface area contributed by atoms with E-state index in [4.69, 9.17) is 0 Å². The molecule has 0 radical (unpaired) electrons. The zero-order chi connectivity index (χ0) is 14.0. The summed E-state index contributed by atoms with van der Waals surface area (Å²) >= 11 is 0. The van der Waals surface area contributed by atoms with Gasteiger partial charge in [-0.25, -0.2) is 4.98 Å². The van der Waals surface area contributed by atoms with Crippen molar-refractivity contribution >= 4 is 5.82 Å². The van der Waals surface area contributed by atoms with Crippen LogP contribution in [0.3, 0.4) is 0 Å². The molecule has 0 aromatic carbocycles. The molecule has 106 valence electrons. The van der Waals surface area contributed by atoms with Crippen LogP contribution in [0.15, 0.2) is 18.3 Å². The molecule has 1 aromatic rings. The number of aromatic nitrogens is 1. The highest BCUT2D eigenvalue weighted by atomic mass is 16.3. The Morgan fingerprint density at radius 2 is 1.95 bits per heavy atom. The predicted octanol–water partition coefficient (Wildman–Crippen LogP) is 3.40. The van der Waals surface area contributed by atoms with Gasteiger partial charge >= 0.3 is 0 Å². The van der Waals surface area contributed by atoms with E-state index in [0.29, 0.717) is 5.41 Å². The van der Waals surface area contributed by atoms with Gasteiger partial charge in [0.1, 0.15) is 5.82 Å². The lowest BCUT2D eigenvalue weighted by molar-refractivity contribution is 0.192. The van der Waals surface area contributed by atoms with Crippen molar-refractivity contribution in [2.75, 3.05) is 18.0 Å². The van der Waals surface area contributed by atoms with Gasteiger partial charge in [-0.1, -0.05) is 26.8 Å². The molecule has 1 aromatic heterocycles. The van der Waals surface area contributed by atoms with Crippen LogP contribution in [0.2, 0.25) is 0 Å². The molecule has 0 amide bonds. The number of hydrogen-bond acceptors (Lipinski definition) is 3. The van der Waals surface area contributed by atoms with Crippen LogP contribution in [0, 0.1) is 11.3 Å². The highest BCUT2D eigenvalue weighted by molar-refractivity contribution is 5.48. The quantitative estimate of drug-likeness (QED) is 0.887. The average molecular weight is 262 g/mol. The van der Waals surface area contributed by atoms with Crippen molar-refractivity contribution in [2.24, 2.45) is 11.3 Å². The topological polar surface area (TPSA) is 36.4 Å². The van der Waals surface area contributed by atoms with Crippen LogP contribution >= 0.6 is 0 Å². The maximum Gasteiger partial charge on any atom is 0.134 e. The van der Waals surface area contributed by atoms with Gasteiger partial charge in [0.05, 0.1) is 6.10 Å². The first-order valence-electron chi connectivity index (χ1n) is 7.27. The molecule has 3 nitrogen and oxygen atoms in total. The molecule has 1 saturated heterocycles. The highest BCUT2D eigenvalue weighted by Crippen LogP contribution is 2.36. The second-order valence-electron chi connectivity index (χ2n) is 6.72. The van der Waals surface area contributed by atoms with Crippen LogP contribution in [-0.4, -0.2) is 23.2 Å². The van der Waals surface area contributed by atoms with Crippen LogP contribution < -0.4 is 4.90 Å². The SMILES string of the molecule is CC(O)c1cccnc1N1CCC(C(C)(C)C)CC1. The van der Waals surface area contributed by atoms with Gasteiger partial charge in [-0.15, -0.1) is 0 Å². The zero-order valence-corrected chi connectivity index (χ0v) is 12.6. The van der Waals surface area contributed by atoms with Crippen LogP contribution in [0.25, 0.3) is 0 Å². The van der Waals surface area contributed by atoms with Crippen molar-refractivity contribution in [3.05, 3.63) is 23.9 Å². The maximum atomic E-state index is 9.85. The minimum Gasteiger partial charge on any atom is -0.389 e. The molecule has 2 heterocycles. The van der Waals surface area contributed by atoms with E-state index in [2.05, 4.69) is 30.7 Å². The summed E-state index contributed by atoms with van der Waals surface area (Å²) in [5.41, 5.74) is 1.33. The number of nitrogens with zero attached hydrogens (tertiary/aromatic N) is 2. The summed E-state index contributed by atoms with van der Waals surface area (Å²) in [6.07, 6.45) is 3.78. The Morgan fingerprint density at radius 3 is 2.47 bits per heavy atom. The van der Waals surface area contributed by atoms with Gasteiger partial charge in [0.25, 0.3) is 0 Å². The number of pyridine rings is 1. The molecule has 3 heteroatoms.